The standard InChI is InChI=1S/C19H38N2O3S/c1-14(2)13-16(20-25(23)19(6,7)8)15-9-11-21(12-10-15)17(22)24-18(3,4)5/h14-16,20H,9-13H2,1-8H3. The van der Waals surface area contributed by atoms with Crippen molar-refractivity contribution >= 4 is 17.5 Å². The minimum absolute atomic E-state index is 0.223. The van der Waals surface area contributed by atoms with Crippen molar-refractivity contribution < 1.29 is 14.1 Å². The van der Waals surface area contributed by atoms with Gasteiger partial charge >= 0.3 is 6.09 Å². The zero-order valence-corrected chi connectivity index (χ0v) is 18.2. The highest BCUT2D eigenvalue weighted by Crippen LogP contribution is 2.27. The Hall–Kier alpha value is -0.460. The Kier molecular flexibility index (Phi) is 8.09. The van der Waals surface area contributed by atoms with E-state index >= 15 is 0 Å². The van der Waals surface area contributed by atoms with E-state index in [0.717, 1.165) is 19.3 Å². The third-order valence-corrected chi connectivity index (χ3v) is 5.93. The highest BCUT2D eigenvalue weighted by Gasteiger charge is 2.35. The van der Waals surface area contributed by atoms with Gasteiger partial charge in [0.2, 0.25) is 0 Å². The van der Waals surface area contributed by atoms with Crippen LogP contribution in [-0.4, -0.2) is 45.0 Å². The number of piperidine rings is 1. The number of nitrogens with one attached hydrogen (secondary N) is 1. The lowest BCUT2D eigenvalue weighted by Gasteiger charge is -2.38. The summed E-state index contributed by atoms with van der Waals surface area (Å²) in [4.78, 5) is 14.0. The number of hydrogen-bond acceptors (Lipinski definition) is 4. The lowest BCUT2D eigenvalue weighted by atomic mass is 9.85. The second-order valence-corrected chi connectivity index (χ2v) is 11.5. The molecule has 1 N–H and O–H groups in total. The van der Waals surface area contributed by atoms with Crippen LogP contribution in [0.4, 0.5) is 4.79 Å². The minimum Gasteiger partial charge on any atom is -0.598 e. The maximum absolute atomic E-state index is 12.5. The van der Waals surface area contributed by atoms with E-state index in [1.54, 1.807) is 4.90 Å². The summed E-state index contributed by atoms with van der Waals surface area (Å²) < 4.78 is 21.1. The van der Waals surface area contributed by atoms with Gasteiger partial charge in [0.05, 0.1) is 6.04 Å². The van der Waals surface area contributed by atoms with Crippen molar-refractivity contribution in [2.24, 2.45) is 11.8 Å². The summed E-state index contributed by atoms with van der Waals surface area (Å²) in [5.74, 6) is 0.978. The molecule has 1 amide bonds. The second kappa shape index (κ2) is 8.96. The van der Waals surface area contributed by atoms with Crippen LogP contribution < -0.4 is 4.72 Å². The maximum Gasteiger partial charge on any atom is 0.410 e. The van der Waals surface area contributed by atoms with E-state index in [4.69, 9.17) is 4.74 Å². The smallest absolute Gasteiger partial charge is 0.410 e. The zero-order chi connectivity index (χ0) is 19.4. The number of carbonyl (C=O) groups is 1. The third kappa shape index (κ3) is 8.18. The fraction of sp³-hybridized carbons (Fsp3) is 0.947. The first-order valence-electron chi connectivity index (χ1n) is 9.45. The van der Waals surface area contributed by atoms with Gasteiger partial charge in [-0.1, -0.05) is 13.8 Å². The fourth-order valence-electron chi connectivity index (χ4n) is 2.97. The van der Waals surface area contributed by atoms with Crippen LogP contribution in [0.5, 0.6) is 0 Å². The number of rotatable bonds is 5. The lowest BCUT2D eigenvalue weighted by molar-refractivity contribution is 0.0169. The molecule has 2 atom stereocenters. The van der Waals surface area contributed by atoms with E-state index < -0.39 is 17.0 Å². The van der Waals surface area contributed by atoms with Crippen molar-refractivity contribution in [1.29, 1.82) is 0 Å². The molecule has 0 aromatic heterocycles. The Balaban J connectivity index is 2.64. The largest absolute Gasteiger partial charge is 0.598 e. The van der Waals surface area contributed by atoms with Gasteiger partial charge in [-0.3, -0.25) is 0 Å². The van der Waals surface area contributed by atoms with Crippen molar-refractivity contribution in [1.82, 2.24) is 9.62 Å². The molecule has 0 radical (unpaired) electrons. The van der Waals surface area contributed by atoms with Crippen LogP contribution in [-0.2, 0) is 16.1 Å². The van der Waals surface area contributed by atoms with Gasteiger partial charge < -0.3 is 14.2 Å². The monoisotopic (exact) mass is 374 g/mol. The summed E-state index contributed by atoms with van der Waals surface area (Å²) in [7, 11) is 0. The van der Waals surface area contributed by atoms with Crippen molar-refractivity contribution in [3.8, 4) is 0 Å². The van der Waals surface area contributed by atoms with E-state index in [9.17, 15) is 9.35 Å². The maximum atomic E-state index is 12.5. The molecule has 5 nitrogen and oxygen atoms in total. The molecular weight excluding hydrogens is 336 g/mol. The first-order valence-corrected chi connectivity index (χ1v) is 10.6. The lowest BCUT2D eigenvalue weighted by Crippen LogP contribution is -2.51. The average Bonchev–Trinajstić information content (AvgIpc) is 2.43. The fourth-order valence-corrected chi connectivity index (χ4v) is 3.89. The molecule has 6 heteroatoms. The molecular formula is C19H38N2O3S. The van der Waals surface area contributed by atoms with Crippen LogP contribution in [0.2, 0.25) is 0 Å². The molecule has 2 unspecified atom stereocenters. The van der Waals surface area contributed by atoms with Crippen LogP contribution in [0.3, 0.4) is 0 Å². The quantitative estimate of drug-likeness (QED) is 0.736. The zero-order valence-electron chi connectivity index (χ0n) is 17.3. The van der Waals surface area contributed by atoms with Crippen LogP contribution in [0.15, 0.2) is 0 Å². The van der Waals surface area contributed by atoms with Gasteiger partial charge in [-0.25, -0.2) is 4.79 Å². The Morgan fingerprint density at radius 1 is 1.20 bits per heavy atom. The van der Waals surface area contributed by atoms with Crippen molar-refractivity contribution in [3.05, 3.63) is 0 Å². The van der Waals surface area contributed by atoms with Crippen LogP contribution >= 0.6 is 0 Å². The Morgan fingerprint density at radius 3 is 2.12 bits per heavy atom. The topological polar surface area (TPSA) is 64.6 Å². The minimum atomic E-state index is -1.07. The number of amides is 1. The molecule has 25 heavy (non-hydrogen) atoms. The summed E-state index contributed by atoms with van der Waals surface area (Å²) >= 11 is -1.07. The summed E-state index contributed by atoms with van der Waals surface area (Å²) in [6.07, 6.45) is 2.62. The highest BCUT2D eigenvalue weighted by molar-refractivity contribution is 7.90. The third-order valence-electron chi connectivity index (χ3n) is 4.30. The molecule has 0 bridgehead atoms. The van der Waals surface area contributed by atoms with Crippen molar-refractivity contribution in [3.63, 3.8) is 0 Å². The van der Waals surface area contributed by atoms with E-state index in [1.807, 2.05) is 41.5 Å². The molecule has 0 saturated carbocycles. The van der Waals surface area contributed by atoms with Gasteiger partial charge in [-0.2, -0.15) is 0 Å². The Bertz CT molecular complexity index is 421. The number of carbonyl (C=O) groups excluding carboxylic acids is 1. The van der Waals surface area contributed by atoms with Gasteiger partial charge in [0.1, 0.15) is 10.3 Å². The molecule has 1 heterocycles. The molecule has 0 spiro atoms. The number of likely N-dealkylation sites (tertiary alicyclic amines) is 1. The molecule has 1 aliphatic rings. The van der Waals surface area contributed by atoms with E-state index in [-0.39, 0.29) is 16.9 Å². The summed E-state index contributed by atoms with van der Waals surface area (Å²) in [6.45, 7) is 17.5. The van der Waals surface area contributed by atoms with Crippen molar-refractivity contribution in [2.45, 2.75) is 91.0 Å². The molecule has 1 saturated heterocycles. The molecule has 0 aliphatic carbocycles. The van der Waals surface area contributed by atoms with Gasteiger partial charge in [0, 0.05) is 24.5 Å². The molecule has 1 rings (SSSR count). The first kappa shape index (κ1) is 22.6. The Labute approximate surface area is 157 Å². The summed E-state index contributed by atoms with van der Waals surface area (Å²) in [5.41, 5.74) is -0.459. The van der Waals surface area contributed by atoms with Gasteiger partial charge in [0.25, 0.3) is 0 Å². The summed E-state index contributed by atoms with van der Waals surface area (Å²) in [6, 6.07) is 0.223. The average molecular weight is 375 g/mol. The predicted molar refractivity (Wildman–Crippen MR) is 105 cm³/mol. The van der Waals surface area contributed by atoms with Crippen molar-refractivity contribution in [2.75, 3.05) is 13.1 Å². The Morgan fingerprint density at radius 2 is 1.72 bits per heavy atom. The second-order valence-electron chi connectivity index (χ2n) is 9.54. The number of nitrogens with zero attached hydrogens (tertiary/aromatic N) is 1. The predicted octanol–water partition coefficient (Wildman–Crippen LogP) is 4.10. The summed E-state index contributed by atoms with van der Waals surface area (Å²) in [5, 5.41) is 0. The van der Waals surface area contributed by atoms with Gasteiger partial charge in [-0.05, 0) is 72.6 Å². The van der Waals surface area contributed by atoms with E-state index in [1.165, 1.54) is 0 Å². The number of ether oxygens (including phenoxy) is 1. The van der Waals surface area contributed by atoms with Crippen LogP contribution in [0, 0.1) is 11.8 Å². The molecule has 0 aromatic rings. The van der Waals surface area contributed by atoms with E-state index in [0.29, 0.717) is 24.9 Å². The van der Waals surface area contributed by atoms with E-state index in [2.05, 4.69) is 18.6 Å². The SMILES string of the molecule is CC(C)CC(N[S+]([O-])C(C)(C)C)C1CCN(C(=O)OC(C)(C)C)CC1. The molecule has 0 aromatic carbocycles. The van der Waals surface area contributed by atoms with Crippen LogP contribution in [0.1, 0.15) is 74.7 Å². The normalized spacial score (nSPS) is 19.8. The molecule has 1 fully saturated rings. The van der Waals surface area contributed by atoms with Gasteiger partial charge in [0.15, 0.2) is 0 Å². The highest BCUT2D eigenvalue weighted by atomic mass is 32.2. The first-order chi connectivity index (χ1) is 11.3. The molecule has 1 aliphatic heterocycles. The van der Waals surface area contributed by atoms with Gasteiger partial charge in [-0.15, -0.1) is 4.72 Å². The van der Waals surface area contributed by atoms with Crippen LogP contribution in [0.25, 0.3) is 0 Å². The molecule has 148 valence electrons. The number of hydrogen-bond donors (Lipinski definition) is 1.